The summed E-state index contributed by atoms with van der Waals surface area (Å²) in [6.07, 6.45) is 5.54. The quantitative estimate of drug-likeness (QED) is 0.118. The molecule has 0 bridgehead atoms. The first-order valence-electron chi connectivity index (χ1n) is 20.9. The van der Waals surface area contributed by atoms with Gasteiger partial charge in [-0.25, -0.2) is 4.98 Å². The number of hydrogen-bond acceptors (Lipinski definition) is 2. The van der Waals surface area contributed by atoms with Crippen molar-refractivity contribution in [2.75, 3.05) is 0 Å². The number of pyridine rings is 1. The summed E-state index contributed by atoms with van der Waals surface area (Å²) in [7, 11) is 0. The first-order valence-corrected chi connectivity index (χ1v) is 20.9. The largest absolute Gasteiger partial charge is 0.510 e. The number of fused-ring (bicyclic) bond motifs is 4. The zero-order chi connectivity index (χ0) is 41.9. The van der Waals surface area contributed by atoms with E-state index in [2.05, 4.69) is 201 Å². The minimum absolute atomic E-state index is 0. The predicted molar refractivity (Wildman–Crippen MR) is 248 cm³/mol. The Balaban J connectivity index is 0.00000490. The topological polar surface area (TPSA) is 35.9 Å². The van der Waals surface area contributed by atoms with Crippen LogP contribution in [0.25, 0.3) is 72.3 Å². The van der Waals surface area contributed by atoms with E-state index < -0.39 is 0 Å². The van der Waals surface area contributed by atoms with Crippen LogP contribution in [0.4, 0.5) is 0 Å². The van der Waals surface area contributed by atoms with Crippen molar-refractivity contribution in [2.45, 2.75) is 52.4 Å². The number of imidazole rings is 1. The molecule has 308 valence electrons. The predicted octanol–water partition coefficient (Wildman–Crippen LogP) is 13.5. The molecule has 3 aromatic heterocycles. The Morgan fingerprint density at radius 1 is 0.565 bits per heavy atom. The first-order chi connectivity index (χ1) is 29.5. The molecule has 62 heavy (non-hydrogen) atoms. The van der Waals surface area contributed by atoms with Crippen molar-refractivity contribution in [1.82, 2.24) is 14.1 Å². The van der Waals surface area contributed by atoms with Crippen LogP contribution < -0.4 is 9.30 Å². The Bertz CT molecular complexity index is 3240. The van der Waals surface area contributed by atoms with E-state index in [-0.39, 0.29) is 31.9 Å². The summed E-state index contributed by atoms with van der Waals surface area (Å²) in [4.78, 5) is 4.97. The van der Waals surface area contributed by atoms with E-state index in [0.29, 0.717) is 11.5 Å². The Kier molecular flexibility index (Phi) is 10.6. The summed E-state index contributed by atoms with van der Waals surface area (Å²) in [5.41, 5.74) is 13.0. The fraction of sp³-hybridized carbons (Fsp3) is 0.143. The van der Waals surface area contributed by atoms with Gasteiger partial charge in [-0.2, -0.15) is 18.2 Å². The Labute approximate surface area is 378 Å². The molecule has 0 fully saturated rings. The van der Waals surface area contributed by atoms with E-state index in [4.69, 9.17) is 9.72 Å². The van der Waals surface area contributed by atoms with E-state index in [1.54, 1.807) is 0 Å². The molecule has 6 heteroatoms. The van der Waals surface area contributed by atoms with Gasteiger partial charge in [0.25, 0.3) is 6.33 Å². The third-order valence-corrected chi connectivity index (χ3v) is 11.5. The van der Waals surface area contributed by atoms with Gasteiger partial charge >= 0.3 is 0 Å². The van der Waals surface area contributed by atoms with Crippen molar-refractivity contribution >= 4 is 32.8 Å². The molecule has 0 aliphatic rings. The van der Waals surface area contributed by atoms with Crippen LogP contribution >= 0.6 is 0 Å². The van der Waals surface area contributed by atoms with Gasteiger partial charge in [0.2, 0.25) is 0 Å². The minimum Gasteiger partial charge on any atom is -0.510 e. The third kappa shape index (κ3) is 7.56. The fourth-order valence-corrected chi connectivity index (χ4v) is 8.39. The van der Waals surface area contributed by atoms with Crippen LogP contribution in [-0.4, -0.2) is 14.1 Å². The van der Waals surface area contributed by atoms with Crippen LogP contribution in [0.5, 0.6) is 11.5 Å². The molecule has 0 radical (unpaired) electrons. The van der Waals surface area contributed by atoms with Crippen LogP contribution in [0.1, 0.15) is 52.7 Å². The maximum absolute atomic E-state index is 6.66. The summed E-state index contributed by atoms with van der Waals surface area (Å²) in [6.45, 7) is 13.5. The third-order valence-electron chi connectivity index (χ3n) is 11.5. The summed E-state index contributed by atoms with van der Waals surface area (Å²) in [5.74, 6) is 2.00. The van der Waals surface area contributed by atoms with E-state index in [1.165, 1.54) is 16.7 Å². The Morgan fingerprint density at radius 3 is 2.05 bits per heavy atom. The van der Waals surface area contributed by atoms with Crippen molar-refractivity contribution in [3.63, 3.8) is 0 Å². The first kappa shape index (κ1) is 40.8. The number of nitrogens with zero attached hydrogens (tertiary/aromatic N) is 4. The monoisotopic (exact) mass is 985 g/mol. The molecule has 0 spiro atoms. The van der Waals surface area contributed by atoms with Crippen LogP contribution in [0.3, 0.4) is 0 Å². The second-order valence-electron chi connectivity index (χ2n) is 17.8. The van der Waals surface area contributed by atoms with E-state index in [0.717, 1.165) is 66.7 Å². The smallest absolute Gasteiger partial charge is 0.268 e. The molecule has 0 N–H and O–H groups in total. The second kappa shape index (κ2) is 16.0. The van der Waals surface area contributed by atoms with Crippen molar-refractivity contribution in [3.8, 4) is 50.9 Å². The van der Waals surface area contributed by atoms with E-state index >= 15 is 0 Å². The number of hydrogen-bond donors (Lipinski definition) is 0. The van der Waals surface area contributed by atoms with Crippen LogP contribution in [0.2, 0.25) is 0 Å². The molecular formula is C56H46N4OPt-2. The van der Waals surface area contributed by atoms with Crippen molar-refractivity contribution in [1.29, 1.82) is 0 Å². The number of rotatable bonds is 7. The molecule has 0 aliphatic heterocycles. The molecular weight excluding hydrogens is 940 g/mol. The zero-order valence-electron chi connectivity index (χ0n) is 35.7. The maximum atomic E-state index is 6.66. The summed E-state index contributed by atoms with van der Waals surface area (Å²) in [6, 6.07) is 64.6. The van der Waals surface area contributed by atoms with Crippen molar-refractivity contribution in [2.24, 2.45) is 0 Å². The normalized spacial score (nSPS) is 11.9. The molecule has 7 aromatic carbocycles. The maximum Gasteiger partial charge on any atom is 0.268 e. The molecule has 0 saturated heterocycles. The molecule has 0 amide bonds. The molecule has 10 rings (SSSR count). The number of benzene rings is 7. The van der Waals surface area contributed by atoms with Gasteiger partial charge in [0.1, 0.15) is 5.82 Å². The van der Waals surface area contributed by atoms with Gasteiger partial charge in [0.05, 0.1) is 16.7 Å². The molecule has 0 atom stereocenters. The average Bonchev–Trinajstić information content (AvgIpc) is 3.82. The van der Waals surface area contributed by atoms with Gasteiger partial charge in [-0.15, -0.1) is 29.7 Å². The van der Waals surface area contributed by atoms with Crippen LogP contribution in [0, 0.1) is 18.5 Å². The fourth-order valence-electron chi connectivity index (χ4n) is 8.39. The number of ether oxygens (including phenoxy) is 1. The van der Waals surface area contributed by atoms with Gasteiger partial charge in [-0.1, -0.05) is 144 Å². The van der Waals surface area contributed by atoms with Gasteiger partial charge in [0.15, 0.2) is 0 Å². The second-order valence-corrected chi connectivity index (χ2v) is 17.8. The molecule has 0 aliphatic carbocycles. The molecule has 10 aromatic rings. The zero-order valence-corrected chi connectivity index (χ0v) is 38.0. The number of aromatic nitrogens is 4. The average molecular weight is 986 g/mol. The van der Waals surface area contributed by atoms with Gasteiger partial charge in [-0.05, 0) is 91.7 Å². The minimum atomic E-state index is -0.0564. The summed E-state index contributed by atoms with van der Waals surface area (Å²) < 4.78 is 13.1. The molecule has 3 heterocycles. The van der Waals surface area contributed by atoms with Gasteiger partial charge in [-0.3, -0.25) is 4.57 Å². The van der Waals surface area contributed by atoms with Gasteiger partial charge < -0.3 is 13.9 Å². The molecule has 0 saturated carbocycles. The van der Waals surface area contributed by atoms with Gasteiger partial charge in [0, 0.05) is 44.3 Å². The van der Waals surface area contributed by atoms with Crippen LogP contribution in [0.15, 0.2) is 170 Å². The van der Waals surface area contributed by atoms with Crippen molar-refractivity contribution < 1.29 is 30.4 Å². The molecule has 5 nitrogen and oxygen atoms in total. The van der Waals surface area contributed by atoms with E-state index in [9.17, 15) is 0 Å². The van der Waals surface area contributed by atoms with E-state index in [1.807, 2.05) is 42.6 Å². The van der Waals surface area contributed by atoms with Crippen molar-refractivity contribution in [3.05, 3.63) is 200 Å². The summed E-state index contributed by atoms with van der Waals surface area (Å²) >= 11 is 0. The Hall–Kier alpha value is -6.55. The molecule has 0 unspecified atom stereocenters. The standard InChI is InChI=1S/C56H46N4O.Pt/c1-55(2,3)41-30-31-57-54(34-41)60-51-33-40(46-22-13-14-23-49(46)56(4,5)6)24-27-47(51)48-28-26-45(36-52(48)60)61-44-21-15-20-43(35-44)59-37-58(42-18-11-8-12-19-42)53-32-39(25-29-50(53)59)38-16-9-7-10-17-38;/h7-34H,1-6H3;/q-2;. The van der Waals surface area contributed by atoms with Crippen LogP contribution in [-0.2, 0) is 31.9 Å². The number of para-hydroxylation sites is 1. The SMILES string of the molecule is CC(C)(C)c1ccnc(-n2c3[c-]c(Oc4[c-]c(-n5[c-][n+](-c6ccccc6)c6cc(-c7ccccc7)ccc65)ccc4)ccc3c3ccc(-c4ccccc4C(C)(C)C)cc32)c1.[Pt]. The Morgan fingerprint density at radius 2 is 1.27 bits per heavy atom. The summed E-state index contributed by atoms with van der Waals surface area (Å²) in [5, 5.41) is 2.20.